The van der Waals surface area contributed by atoms with Gasteiger partial charge in [0.15, 0.2) is 0 Å². The molecule has 0 aromatic heterocycles. The van der Waals surface area contributed by atoms with Crippen LogP contribution in [0.5, 0.6) is 0 Å². The van der Waals surface area contributed by atoms with E-state index in [1.807, 2.05) is 23.8 Å². The number of amides is 2. The van der Waals surface area contributed by atoms with E-state index in [-0.39, 0.29) is 46.8 Å². The number of likely N-dealkylation sites (tertiary alicyclic amines) is 2. The highest BCUT2D eigenvalue weighted by Gasteiger charge is 2.60. The van der Waals surface area contributed by atoms with Gasteiger partial charge in [0, 0.05) is 35.7 Å². The van der Waals surface area contributed by atoms with Crippen molar-refractivity contribution in [2.24, 2.45) is 22.6 Å². The predicted octanol–water partition coefficient (Wildman–Crippen LogP) is -0.466. The molecule has 0 aromatic carbocycles. The summed E-state index contributed by atoms with van der Waals surface area (Å²) >= 11 is 1.47. The Morgan fingerprint density at radius 1 is 1.34 bits per heavy atom. The number of thioether (sulfide) groups is 1. The van der Waals surface area contributed by atoms with Gasteiger partial charge >= 0.3 is 5.97 Å². The van der Waals surface area contributed by atoms with Crippen LogP contribution in [-0.4, -0.2) is 105 Å². The van der Waals surface area contributed by atoms with Crippen LogP contribution in [0.3, 0.4) is 0 Å². The molecule has 10 nitrogen and oxygen atoms in total. The molecule has 0 saturated carbocycles. The number of carboxylic acids is 1. The maximum atomic E-state index is 13.1. The molecule has 4 aliphatic heterocycles. The maximum Gasteiger partial charge on any atom is 0.353 e. The largest absolute Gasteiger partial charge is 0.477 e. The number of carbonyl (C=O) groups is 3. The molecule has 0 radical (unpaired) electrons. The van der Waals surface area contributed by atoms with Crippen LogP contribution < -0.4 is 5.73 Å². The van der Waals surface area contributed by atoms with E-state index in [4.69, 9.17) is 5.73 Å². The lowest BCUT2D eigenvalue weighted by atomic mass is 9.79. The molecule has 6 unspecified atom stereocenters. The lowest BCUT2D eigenvalue weighted by Crippen LogP contribution is -2.63. The van der Waals surface area contributed by atoms with E-state index in [1.54, 1.807) is 6.92 Å². The predicted molar refractivity (Wildman–Crippen MR) is 120 cm³/mol. The van der Waals surface area contributed by atoms with Gasteiger partial charge in [0.1, 0.15) is 5.70 Å². The number of rotatable bonds is 6. The molecular weight excluding hydrogens is 434 g/mol. The number of likely N-dealkylation sites (N-methyl/N-ethyl adjacent to an activating group) is 1. The molecule has 4 rings (SSSR count). The second-order valence-corrected chi connectivity index (χ2v) is 10.6. The average Bonchev–Trinajstić information content (AvgIpc) is 3.38. The summed E-state index contributed by atoms with van der Waals surface area (Å²) in [7, 11) is 1.92. The van der Waals surface area contributed by atoms with Gasteiger partial charge in [0.25, 0.3) is 0 Å². The van der Waals surface area contributed by atoms with Crippen LogP contribution in [0, 0.1) is 11.8 Å². The topological polar surface area (TPSA) is 140 Å². The van der Waals surface area contributed by atoms with E-state index in [1.165, 1.54) is 23.0 Å². The first kappa shape index (κ1) is 23.1. The highest BCUT2D eigenvalue weighted by molar-refractivity contribution is 8.03. The number of aliphatic hydroxyl groups is 1. The number of β-lactam (4-membered cyclic amide) rings is 1. The molecule has 0 spiro atoms. The summed E-state index contributed by atoms with van der Waals surface area (Å²) in [6, 6.07) is -0.535. The van der Waals surface area contributed by atoms with Crippen molar-refractivity contribution >= 4 is 35.9 Å². The molecule has 0 bridgehead atoms. The number of aliphatic carboxylic acids is 1. The molecule has 2 amide bonds. The van der Waals surface area contributed by atoms with Crippen molar-refractivity contribution in [3.63, 3.8) is 0 Å². The van der Waals surface area contributed by atoms with Crippen LogP contribution in [0.1, 0.15) is 26.7 Å². The summed E-state index contributed by atoms with van der Waals surface area (Å²) in [6.07, 6.45) is 1.89. The van der Waals surface area contributed by atoms with Crippen LogP contribution in [0.25, 0.3) is 0 Å². The second-order valence-electron chi connectivity index (χ2n) is 9.23. The van der Waals surface area contributed by atoms with E-state index in [2.05, 4.69) is 4.99 Å². The van der Waals surface area contributed by atoms with Crippen molar-refractivity contribution in [1.29, 1.82) is 0 Å². The number of aliphatic hydroxyl groups excluding tert-OH is 1. The molecule has 4 aliphatic rings. The first-order valence-corrected chi connectivity index (χ1v) is 11.9. The Hall–Kier alpha value is -2.11. The molecule has 3 saturated heterocycles. The molecule has 0 aliphatic carbocycles. The van der Waals surface area contributed by atoms with Gasteiger partial charge in [-0.3, -0.25) is 19.5 Å². The molecule has 32 heavy (non-hydrogen) atoms. The van der Waals surface area contributed by atoms with Gasteiger partial charge in [0.05, 0.1) is 36.5 Å². The lowest BCUT2D eigenvalue weighted by Gasteiger charge is -2.46. The van der Waals surface area contributed by atoms with Crippen LogP contribution >= 0.6 is 11.8 Å². The molecule has 3 fully saturated rings. The minimum absolute atomic E-state index is 0.0360. The molecule has 176 valence electrons. The van der Waals surface area contributed by atoms with Gasteiger partial charge in [-0.15, -0.1) is 11.8 Å². The molecule has 4 N–H and O–H groups in total. The van der Waals surface area contributed by atoms with Crippen molar-refractivity contribution < 1.29 is 24.6 Å². The summed E-state index contributed by atoms with van der Waals surface area (Å²) in [5, 5.41) is 19.9. The highest BCUT2D eigenvalue weighted by atomic mass is 32.2. The monoisotopic (exact) mass is 465 g/mol. The SMILES string of the molecule is CC(O)C1C(=O)N2C(C(=O)O)=C(SC3CC(C(=O)N4CCC(N=CN)C4)N(C)C3)C(C)[C@H]12. The van der Waals surface area contributed by atoms with Gasteiger partial charge < -0.3 is 25.7 Å². The van der Waals surface area contributed by atoms with E-state index < -0.39 is 18.0 Å². The zero-order valence-corrected chi connectivity index (χ0v) is 19.4. The van der Waals surface area contributed by atoms with Crippen molar-refractivity contribution in [3.8, 4) is 0 Å². The summed E-state index contributed by atoms with van der Waals surface area (Å²) in [6.45, 7) is 5.37. The Balaban J connectivity index is 1.46. The zero-order chi connectivity index (χ0) is 23.3. The average molecular weight is 466 g/mol. The summed E-state index contributed by atoms with van der Waals surface area (Å²) in [4.78, 5) is 47.7. The Morgan fingerprint density at radius 3 is 2.69 bits per heavy atom. The third-order valence-electron chi connectivity index (χ3n) is 7.17. The molecule has 11 heteroatoms. The molecular formula is C21H31N5O5S. The first-order chi connectivity index (χ1) is 15.1. The Bertz CT molecular complexity index is 877. The molecule has 0 aromatic rings. The molecule has 4 heterocycles. The van der Waals surface area contributed by atoms with Crippen molar-refractivity contribution in [3.05, 3.63) is 10.6 Å². The fourth-order valence-electron chi connectivity index (χ4n) is 5.58. The lowest BCUT2D eigenvalue weighted by molar-refractivity contribution is -0.163. The van der Waals surface area contributed by atoms with Gasteiger partial charge in [-0.05, 0) is 26.8 Å². The van der Waals surface area contributed by atoms with Crippen molar-refractivity contribution in [2.75, 3.05) is 26.7 Å². The summed E-state index contributed by atoms with van der Waals surface area (Å²) < 4.78 is 0. The minimum Gasteiger partial charge on any atom is -0.477 e. The van der Waals surface area contributed by atoms with E-state index >= 15 is 0 Å². The second kappa shape index (κ2) is 8.68. The van der Waals surface area contributed by atoms with Crippen molar-refractivity contribution in [1.82, 2.24) is 14.7 Å². The number of aliphatic imine (C=N–C) groups is 1. The molecule has 7 atom stereocenters. The van der Waals surface area contributed by atoms with Gasteiger partial charge in [-0.2, -0.15) is 0 Å². The number of nitrogens with two attached hydrogens (primary N) is 1. The number of hydrogen-bond acceptors (Lipinski definition) is 7. The highest BCUT2D eigenvalue weighted by Crippen LogP contribution is 2.52. The fourth-order valence-corrected chi connectivity index (χ4v) is 7.18. The van der Waals surface area contributed by atoms with Gasteiger partial charge in [-0.1, -0.05) is 6.92 Å². The number of nitrogens with zero attached hydrogens (tertiary/aromatic N) is 4. The maximum absolute atomic E-state index is 13.1. The van der Waals surface area contributed by atoms with Crippen molar-refractivity contribution in [2.45, 2.75) is 56.2 Å². The standard InChI is InChI=1S/C21H31N5O5S/c1-10-16-15(11(2)27)20(29)26(16)17(21(30)31)18(10)32-13-6-14(24(3)8-13)19(28)25-5-4-12(7-25)23-9-22/h9-16,27H,4-8H2,1-3H3,(H2,22,23)(H,30,31)/t10?,11?,12?,13?,14?,15?,16-/m1/s1. The van der Waals surface area contributed by atoms with Crippen LogP contribution in [0.15, 0.2) is 15.6 Å². The fraction of sp³-hybridized carbons (Fsp3) is 0.714. The smallest absolute Gasteiger partial charge is 0.353 e. The van der Waals surface area contributed by atoms with Gasteiger partial charge in [0.2, 0.25) is 11.8 Å². The van der Waals surface area contributed by atoms with Crippen LogP contribution in [0.4, 0.5) is 0 Å². The van der Waals surface area contributed by atoms with Crippen LogP contribution in [-0.2, 0) is 14.4 Å². The van der Waals surface area contributed by atoms with E-state index in [0.717, 1.165) is 6.42 Å². The minimum atomic E-state index is -1.12. The third-order valence-corrected chi connectivity index (χ3v) is 8.67. The normalized spacial score (nSPS) is 36.2. The zero-order valence-electron chi connectivity index (χ0n) is 18.5. The quantitative estimate of drug-likeness (QED) is 0.272. The number of carbonyl (C=O) groups excluding carboxylic acids is 2. The third kappa shape index (κ3) is 3.69. The van der Waals surface area contributed by atoms with Crippen LogP contribution in [0.2, 0.25) is 0 Å². The number of carboxylic acid groups (broad SMARTS) is 1. The number of hydrogen-bond donors (Lipinski definition) is 3. The van der Waals surface area contributed by atoms with E-state index in [9.17, 15) is 24.6 Å². The summed E-state index contributed by atoms with van der Waals surface area (Å²) in [5.74, 6) is -2.12. The Labute approximate surface area is 191 Å². The number of fused-ring (bicyclic) bond motifs is 1. The van der Waals surface area contributed by atoms with E-state index in [0.29, 0.717) is 31.0 Å². The first-order valence-electron chi connectivity index (χ1n) is 11.0. The Morgan fingerprint density at radius 2 is 2.06 bits per heavy atom. The Kier molecular flexibility index (Phi) is 6.25. The van der Waals surface area contributed by atoms with Gasteiger partial charge in [-0.25, -0.2) is 4.79 Å². The summed E-state index contributed by atoms with van der Waals surface area (Å²) in [5.41, 5.74) is 5.42.